The molecule has 1 heterocycles. The average Bonchev–Trinajstić information content (AvgIpc) is 2.30. The predicted octanol–water partition coefficient (Wildman–Crippen LogP) is 2.60. The van der Waals surface area contributed by atoms with Crippen molar-refractivity contribution in [2.24, 2.45) is 5.92 Å². The standard InChI is InChI=1S/C15H24N2/c1-12-4-5-15(17(2)3)14(10-12)11-13-6-8-16-9-7-13/h4-5,10,13,16H,6-9,11H2,1-3H3. The molecule has 0 unspecified atom stereocenters. The minimum atomic E-state index is 0.858. The summed E-state index contributed by atoms with van der Waals surface area (Å²) in [5, 5.41) is 3.44. The lowest BCUT2D eigenvalue weighted by Gasteiger charge is -2.25. The zero-order valence-electron chi connectivity index (χ0n) is 11.3. The number of hydrogen-bond donors (Lipinski definition) is 1. The Morgan fingerprint density at radius 1 is 1.24 bits per heavy atom. The Morgan fingerprint density at radius 3 is 2.59 bits per heavy atom. The van der Waals surface area contributed by atoms with Gasteiger partial charge in [-0.2, -0.15) is 0 Å². The van der Waals surface area contributed by atoms with Gasteiger partial charge in [0.05, 0.1) is 0 Å². The summed E-state index contributed by atoms with van der Waals surface area (Å²) in [6.45, 7) is 4.56. The molecule has 1 saturated heterocycles. The van der Waals surface area contributed by atoms with Crippen molar-refractivity contribution < 1.29 is 0 Å². The monoisotopic (exact) mass is 232 g/mol. The lowest BCUT2D eigenvalue weighted by Crippen LogP contribution is -2.29. The maximum absolute atomic E-state index is 3.44. The molecule has 2 heteroatoms. The highest BCUT2D eigenvalue weighted by atomic mass is 15.1. The van der Waals surface area contributed by atoms with E-state index in [2.05, 4.69) is 49.4 Å². The SMILES string of the molecule is Cc1ccc(N(C)C)c(CC2CCNCC2)c1. The van der Waals surface area contributed by atoms with Crippen molar-refractivity contribution in [3.63, 3.8) is 0 Å². The minimum absolute atomic E-state index is 0.858. The molecule has 0 bridgehead atoms. The van der Waals surface area contributed by atoms with E-state index in [1.807, 2.05) is 0 Å². The molecule has 1 N–H and O–H groups in total. The van der Waals surface area contributed by atoms with Crippen LogP contribution in [0.2, 0.25) is 0 Å². The molecule has 1 aliphatic rings. The van der Waals surface area contributed by atoms with E-state index in [-0.39, 0.29) is 0 Å². The zero-order valence-corrected chi connectivity index (χ0v) is 11.3. The molecule has 0 spiro atoms. The average molecular weight is 232 g/mol. The van der Waals surface area contributed by atoms with Crippen molar-refractivity contribution in [1.29, 1.82) is 0 Å². The molecule has 2 rings (SSSR count). The lowest BCUT2D eigenvalue weighted by atomic mass is 9.89. The van der Waals surface area contributed by atoms with Gasteiger partial charge >= 0.3 is 0 Å². The van der Waals surface area contributed by atoms with E-state index in [0.29, 0.717) is 0 Å². The summed E-state index contributed by atoms with van der Waals surface area (Å²) in [7, 11) is 4.27. The molecule has 2 nitrogen and oxygen atoms in total. The molecule has 94 valence electrons. The summed E-state index contributed by atoms with van der Waals surface area (Å²) in [6, 6.07) is 6.82. The van der Waals surface area contributed by atoms with Gasteiger partial charge in [-0.3, -0.25) is 0 Å². The smallest absolute Gasteiger partial charge is 0.0393 e. The van der Waals surface area contributed by atoms with Gasteiger partial charge in [0.1, 0.15) is 0 Å². The van der Waals surface area contributed by atoms with E-state index in [0.717, 1.165) is 5.92 Å². The van der Waals surface area contributed by atoms with E-state index in [9.17, 15) is 0 Å². The molecule has 1 fully saturated rings. The maximum atomic E-state index is 3.44. The minimum Gasteiger partial charge on any atom is -0.377 e. The van der Waals surface area contributed by atoms with Crippen LogP contribution in [0.15, 0.2) is 18.2 Å². The summed E-state index contributed by atoms with van der Waals surface area (Å²) in [6.07, 6.45) is 3.87. The van der Waals surface area contributed by atoms with Crippen LogP contribution < -0.4 is 10.2 Å². The van der Waals surface area contributed by atoms with E-state index in [4.69, 9.17) is 0 Å². The first-order chi connectivity index (χ1) is 8.16. The summed E-state index contributed by atoms with van der Waals surface area (Å²) in [5.41, 5.74) is 4.27. The number of hydrogen-bond acceptors (Lipinski definition) is 2. The van der Waals surface area contributed by atoms with Crippen molar-refractivity contribution in [3.05, 3.63) is 29.3 Å². The fraction of sp³-hybridized carbons (Fsp3) is 0.600. The predicted molar refractivity (Wildman–Crippen MR) is 74.8 cm³/mol. The van der Waals surface area contributed by atoms with E-state index in [1.165, 1.54) is 49.2 Å². The van der Waals surface area contributed by atoms with Gasteiger partial charge < -0.3 is 10.2 Å². The van der Waals surface area contributed by atoms with Gasteiger partial charge in [-0.25, -0.2) is 0 Å². The summed E-state index contributed by atoms with van der Waals surface area (Å²) in [4.78, 5) is 2.23. The van der Waals surface area contributed by atoms with Crippen LogP contribution in [0.1, 0.15) is 24.0 Å². The fourth-order valence-corrected chi connectivity index (χ4v) is 2.71. The Labute approximate surface area is 105 Å². The van der Waals surface area contributed by atoms with E-state index in [1.54, 1.807) is 0 Å². The third-order valence-electron chi connectivity index (χ3n) is 3.68. The number of nitrogens with one attached hydrogen (secondary N) is 1. The van der Waals surface area contributed by atoms with Crippen molar-refractivity contribution in [2.45, 2.75) is 26.2 Å². The second-order valence-corrected chi connectivity index (χ2v) is 5.42. The first-order valence-electron chi connectivity index (χ1n) is 6.64. The van der Waals surface area contributed by atoms with E-state index >= 15 is 0 Å². The third kappa shape index (κ3) is 3.22. The molecule has 0 amide bonds. The molecular weight excluding hydrogens is 208 g/mol. The molecule has 0 saturated carbocycles. The van der Waals surface area contributed by atoms with E-state index < -0.39 is 0 Å². The quantitative estimate of drug-likeness (QED) is 0.862. The maximum Gasteiger partial charge on any atom is 0.0393 e. The number of benzene rings is 1. The Kier molecular flexibility index (Phi) is 4.06. The number of nitrogens with zero attached hydrogens (tertiary/aromatic N) is 1. The number of rotatable bonds is 3. The highest BCUT2D eigenvalue weighted by molar-refractivity contribution is 5.54. The van der Waals surface area contributed by atoms with Gasteiger partial charge in [-0.1, -0.05) is 17.7 Å². The van der Waals surface area contributed by atoms with Crippen molar-refractivity contribution >= 4 is 5.69 Å². The Balaban J connectivity index is 2.14. The van der Waals surface area contributed by atoms with Crippen LogP contribution in [-0.4, -0.2) is 27.2 Å². The molecular formula is C15H24N2. The molecule has 17 heavy (non-hydrogen) atoms. The number of piperidine rings is 1. The van der Waals surface area contributed by atoms with Crippen LogP contribution in [0.4, 0.5) is 5.69 Å². The largest absolute Gasteiger partial charge is 0.377 e. The van der Waals surface area contributed by atoms with Gasteiger partial charge in [-0.15, -0.1) is 0 Å². The first-order valence-corrected chi connectivity index (χ1v) is 6.64. The molecule has 0 radical (unpaired) electrons. The zero-order chi connectivity index (χ0) is 12.3. The van der Waals surface area contributed by atoms with Crippen LogP contribution in [0, 0.1) is 12.8 Å². The molecule has 1 aliphatic heterocycles. The number of aryl methyl sites for hydroxylation is 1. The van der Waals surface area contributed by atoms with Crippen LogP contribution in [-0.2, 0) is 6.42 Å². The lowest BCUT2D eigenvalue weighted by molar-refractivity contribution is 0.373. The van der Waals surface area contributed by atoms with Crippen molar-refractivity contribution in [2.75, 3.05) is 32.1 Å². The van der Waals surface area contributed by atoms with Gasteiger partial charge in [-0.05, 0) is 56.8 Å². The second kappa shape index (κ2) is 5.54. The van der Waals surface area contributed by atoms with Gasteiger partial charge in [0.25, 0.3) is 0 Å². The van der Waals surface area contributed by atoms with Crippen LogP contribution in [0.3, 0.4) is 0 Å². The summed E-state index contributed by atoms with van der Waals surface area (Å²) < 4.78 is 0. The molecule has 0 atom stereocenters. The topological polar surface area (TPSA) is 15.3 Å². The van der Waals surface area contributed by atoms with Crippen LogP contribution in [0.25, 0.3) is 0 Å². The van der Waals surface area contributed by atoms with Crippen molar-refractivity contribution in [1.82, 2.24) is 5.32 Å². The van der Waals surface area contributed by atoms with Gasteiger partial charge in [0, 0.05) is 19.8 Å². The molecule has 0 aromatic heterocycles. The summed E-state index contributed by atoms with van der Waals surface area (Å²) in [5.74, 6) is 0.858. The molecule has 1 aromatic rings. The summed E-state index contributed by atoms with van der Waals surface area (Å²) >= 11 is 0. The number of anilines is 1. The van der Waals surface area contributed by atoms with Gasteiger partial charge in [0.15, 0.2) is 0 Å². The Hall–Kier alpha value is -1.02. The Morgan fingerprint density at radius 2 is 1.94 bits per heavy atom. The highest BCUT2D eigenvalue weighted by Crippen LogP contribution is 2.26. The normalized spacial score (nSPS) is 17.1. The van der Waals surface area contributed by atoms with Crippen LogP contribution >= 0.6 is 0 Å². The Bertz CT molecular complexity index is 365. The second-order valence-electron chi connectivity index (χ2n) is 5.42. The molecule has 0 aliphatic carbocycles. The highest BCUT2D eigenvalue weighted by Gasteiger charge is 2.15. The van der Waals surface area contributed by atoms with Gasteiger partial charge in [0.2, 0.25) is 0 Å². The first kappa shape index (κ1) is 12.4. The molecule has 1 aromatic carbocycles. The third-order valence-corrected chi connectivity index (χ3v) is 3.68. The fourth-order valence-electron chi connectivity index (χ4n) is 2.71. The van der Waals surface area contributed by atoms with Crippen molar-refractivity contribution in [3.8, 4) is 0 Å². The van der Waals surface area contributed by atoms with Crippen LogP contribution in [0.5, 0.6) is 0 Å².